The quantitative estimate of drug-likeness (QED) is 0.748. The topological polar surface area (TPSA) is 17.8 Å². The highest BCUT2D eigenvalue weighted by molar-refractivity contribution is 5.14. The van der Waals surface area contributed by atoms with E-state index in [-0.39, 0.29) is 0 Å². The highest BCUT2D eigenvalue weighted by Gasteiger charge is 1.99. The van der Waals surface area contributed by atoms with Gasteiger partial charge in [-0.15, -0.1) is 0 Å². The summed E-state index contributed by atoms with van der Waals surface area (Å²) in [5.74, 6) is 1.19. The minimum absolute atomic E-state index is 1.01. The molecule has 16 heavy (non-hydrogen) atoms. The lowest BCUT2D eigenvalue weighted by Gasteiger charge is -2.06. The van der Waals surface area contributed by atoms with Crippen LogP contribution in [0.4, 0.5) is 0 Å². The minimum atomic E-state index is 1.01. The Bertz CT molecular complexity index is 417. The van der Waals surface area contributed by atoms with Gasteiger partial charge in [0.15, 0.2) is 0 Å². The molecule has 0 saturated carbocycles. The molecule has 1 aromatic carbocycles. The monoisotopic (exact) mass is 214 g/mol. The highest BCUT2D eigenvalue weighted by atomic mass is 15.1. The van der Waals surface area contributed by atoms with Crippen LogP contribution in [0.25, 0.3) is 0 Å². The molecule has 0 saturated heterocycles. The Morgan fingerprint density at radius 3 is 2.75 bits per heavy atom. The van der Waals surface area contributed by atoms with Gasteiger partial charge in [-0.3, -0.25) is 0 Å². The van der Waals surface area contributed by atoms with E-state index in [1.807, 2.05) is 6.20 Å². The Morgan fingerprint density at radius 1 is 1.19 bits per heavy atom. The molecular weight excluding hydrogens is 196 g/mol. The summed E-state index contributed by atoms with van der Waals surface area (Å²) in [6, 6.07) is 10.6. The molecule has 0 N–H and O–H groups in total. The predicted molar refractivity (Wildman–Crippen MR) is 66.4 cm³/mol. The number of benzene rings is 1. The van der Waals surface area contributed by atoms with Crippen LogP contribution in [-0.2, 0) is 19.4 Å². The molecule has 1 heterocycles. The van der Waals surface area contributed by atoms with Crippen molar-refractivity contribution in [3.05, 3.63) is 54.1 Å². The van der Waals surface area contributed by atoms with Crippen molar-refractivity contribution < 1.29 is 0 Å². The van der Waals surface area contributed by atoms with E-state index in [4.69, 9.17) is 0 Å². The van der Waals surface area contributed by atoms with Gasteiger partial charge >= 0.3 is 0 Å². The van der Waals surface area contributed by atoms with Crippen molar-refractivity contribution in [2.75, 3.05) is 0 Å². The molecule has 2 aromatic rings. The summed E-state index contributed by atoms with van der Waals surface area (Å²) in [5, 5.41) is 0. The lowest BCUT2D eigenvalue weighted by molar-refractivity contribution is 0.614. The van der Waals surface area contributed by atoms with Crippen LogP contribution in [0, 0.1) is 0 Å². The van der Waals surface area contributed by atoms with Crippen LogP contribution in [0.15, 0.2) is 42.7 Å². The maximum atomic E-state index is 4.32. The fourth-order valence-electron chi connectivity index (χ4n) is 1.96. The molecule has 0 aliphatic carbocycles. The van der Waals surface area contributed by atoms with Gasteiger partial charge in [-0.25, -0.2) is 4.98 Å². The summed E-state index contributed by atoms with van der Waals surface area (Å²) < 4.78 is 2.25. The Morgan fingerprint density at radius 2 is 2.00 bits per heavy atom. The number of rotatable bonds is 5. The van der Waals surface area contributed by atoms with E-state index in [1.54, 1.807) is 0 Å². The second kappa shape index (κ2) is 5.50. The van der Waals surface area contributed by atoms with Crippen molar-refractivity contribution in [3.63, 3.8) is 0 Å². The van der Waals surface area contributed by atoms with Gasteiger partial charge in [-0.05, 0) is 18.4 Å². The first-order valence-electron chi connectivity index (χ1n) is 5.94. The Labute approximate surface area is 97.0 Å². The molecule has 0 atom stereocenters. The van der Waals surface area contributed by atoms with E-state index < -0.39 is 0 Å². The number of imidazole rings is 1. The van der Waals surface area contributed by atoms with Crippen molar-refractivity contribution in [2.45, 2.75) is 32.7 Å². The SMILES string of the molecule is CCc1nccn1CCCc1ccccc1. The van der Waals surface area contributed by atoms with Crippen LogP contribution in [0.1, 0.15) is 24.7 Å². The maximum absolute atomic E-state index is 4.32. The highest BCUT2D eigenvalue weighted by Crippen LogP contribution is 2.05. The number of aromatic nitrogens is 2. The first-order valence-corrected chi connectivity index (χ1v) is 5.94. The van der Waals surface area contributed by atoms with Crippen LogP contribution in [-0.4, -0.2) is 9.55 Å². The zero-order valence-electron chi connectivity index (χ0n) is 9.76. The third-order valence-corrected chi connectivity index (χ3v) is 2.83. The molecule has 0 aliphatic rings. The molecule has 0 aliphatic heterocycles. The van der Waals surface area contributed by atoms with E-state index in [0.717, 1.165) is 19.4 Å². The van der Waals surface area contributed by atoms with E-state index in [1.165, 1.54) is 17.8 Å². The van der Waals surface area contributed by atoms with E-state index in [0.29, 0.717) is 0 Å². The number of hydrogen-bond acceptors (Lipinski definition) is 1. The molecular formula is C14H18N2. The average molecular weight is 214 g/mol. The van der Waals surface area contributed by atoms with Crippen molar-refractivity contribution in [1.82, 2.24) is 9.55 Å². The number of aryl methyl sites for hydroxylation is 3. The first kappa shape index (κ1) is 10.9. The summed E-state index contributed by atoms with van der Waals surface area (Å²) in [4.78, 5) is 4.32. The van der Waals surface area contributed by atoms with Crippen LogP contribution in [0.5, 0.6) is 0 Å². The summed E-state index contributed by atoms with van der Waals surface area (Å²) in [7, 11) is 0. The summed E-state index contributed by atoms with van der Waals surface area (Å²) in [5.41, 5.74) is 1.42. The van der Waals surface area contributed by atoms with E-state index >= 15 is 0 Å². The van der Waals surface area contributed by atoms with Crippen LogP contribution in [0.2, 0.25) is 0 Å². The zero-order valence-corrected chi connectivity index (χ0v) is 9.76. The molecule has 0 bridgehead atoms. The second-order valence-corrected chi connectivity index (χ2v) is 3.98. The van der Waals surface area contributed by atoms with Crippen molar-refractivity contribution in [1.29, 1.82) is 0 Å². The van der Waals surface area contributed by atoms with Crippen LogP contribution in [0.3, 0.4) is 0 Å². The minimum Gasteiger partial charge on any atom is -0.335 e. The van der Waals surface area contributed by atoms with Crippen molar-refractivity contribution in [2.24, 2.45) is 0 Å². The van der Waals surface area contributed by atoms with Crippen molar-refractivity contribution in [3.8, 4) is 0 Å². The van der Waals surface area contributed by atoms with Crippen LogP contribution >= 0.6 is 0 Å². The van der Waals surface area contributed by atoms with E-state index in [9.17, 15) is 0 Å². The largest absolute Gasteiger partial charge is 0.335 e. The van der Waals surface area contributed by atoms with Crippen LogP contribution < -0.4 is 0 Å². The Kier molecular flexibility index (Phi) is 3.76. The van der Waals surface area contributed by atoms with Gasteiger partial charge in [-0.1, -0.05) is 37.3 Å². The molecule has 0 unspecified atom stereocenters. The average Bonchev–Trinajstić information content (AvgIpc) is 2.78. The summed E-state index contributed by atoms with van der Waals surface area (Å²) in [6.07, 6.45) is 7.29. The predicted octanol–water partition coefficient (Wildman–Crippen LogP) is 3.08. The van der Waals surface area contributed by atoms with Gasteiger partial charge in [0.2, 0.25) is 0 Å². The smallest absolute Gasteiger partial charge is 0.108 e. The fourth-order valence-corrected chi connectivity index (χ4v) is 1.96. The summed E-state index contributed by atoms with van der Waals surface area (Å²) in [6.45, 7) is 3.22. The Balaban J connectivity index is 1.85. The van der Waals surface area contributed by atoms with Gasteiger partial charge in [0.1, 0.15) is 5.82 Å². The zero-order chi connectivity index (χ0) is 11.2. The number of hydrogen-bond donors (Lipinski definition) is 0. The fraction of sp³-hybridized carbons (Fsp3) is 0.357. The van der Waals surface area contributed by atoms with E-state index in [2.05, 4.69) is 53.0 Å². The Hall–Kier alpha value is -1.57. The molecule has 2 rings (SSSR count). The molecule has 0 radical (unpaired) electrons. The molecule has 2 nitrogen and oxygen atoms in total. The van der Waals surface area contributed by atoms with Gasteiger partial charge in [0, 0.05) is 25.4 Å². The molecule has 0 amide bonds. The normalized spacial score (nSPS) is 10.6. The molecule has 0 spiro atoms. The van der Waals surface area contributed by atoms with Gasteiger partial charge in [0.05, 0.1) is 0 Å². The summed E-state index contributed by atoms with van der Waals surface area (Å²) >= 11 is 0. The standard InChI is InChI=1S/C14H18N2/c1-2-14-15-10-12-16(14)11-6-9-13-7-4-3-5-8-13/h3-5,7-8,10,12H,2,6,9,11H2,1H3. The van der Waals surface area contributed by atoms with Crippen molar-refractivity contribution >= 4 is 0 Å². The number of nitrogens with zero attached hydrogens (tertiary/aromatic N) is 2. The van der Waals surface area contributed by atoms with Gasteiger partial charge in [0.25, 0.3) is 0 Å². The molecule has 0 fully saturated rings. The molecule has 84 valence electrons. The molecule has 1 aromatic heterocycles. The maximum Gasteiger partial charge on any atom is 0.108 e. The second-order valence-electron chi connectivity index (χ2n) is 3.98. The lowest BCUT2D eigenvalue weighted by Crippen LogP contribution is -2.03. The first-order chi connectivity index (χ1) is 7.90. The van der Waals surface area contributed by atoms with Gasteiger partial charge in [-0.2, -0.15) is 0 Å². The third-order valence-electron chi connectivity index (χ3n) is 2.83. The molecule has 2 heteroatoms. The lowest BCUT2D eigenvalue weighted by atomic mass is 10.1. The van der Waals surface area contributed by atoms with Gasteiger partial charge < -0.3 is 4.57 Å². The third kappa shape index (κ3) is 2.72.